The van der Waals surface area contributed by atoms with Crippen LogP contribution in [0, 0.1) is 0 Å². The van der Waals surface area contributed by atoms with Crippen LogP contribution in [0.4, 0.5) is 4.39 Å². The Bertz CT molecular complexity index is 483. The summed E-state index contributed by atoms with van der Waals surface area (Å²) < 4.78 is 19.8. The zero-order valence-corrected chi connectivity index (χ0v) is 9.97. The van der Waals surface area contributed by atoms with Crippen molar-refractivity contribution >= 4 is 5.97 Å². The summed E-state index contributed by atoms with van der Waals surface area (Å²) in [4.78, 5) is 11.8. The summed E-state index contributed by atoms with van der Waals surface area (Å²) in [5.41, 5.74) is -1.73. The second-order valence-corrected chi connectivity index (χ2v) is 3.88. The van der Waals surface area contributed by atoms with Crippen molar-refractivity contribution in [1.29, 1.82) is 0 Å². The molecule has 0 amide bonds. The molecule has 0 aromatic heterocycles. The molecule has 2 nitrogen and oxygen atoms in total. The molecule has 3 heteroatoms. The van der Waals surface area contributed by atoms with Crippen molar-refractivity contribution < 1.29 is 13.9 Å². The SMILES string of the molecule is COC(=O)C(F)(c1ccccc1)c1ccccc1. The predicted octanol–water partition coefficient (Wildman–Crippen LogP) is 3.07. The molecule has 0 aliphatic rings. The Labute approximate surface area is 105 Å². The number of rotatable bonds is 3. The third-order valence-electron chi connectivity index (χ3n) is 2.81. The third-order valence-corrected chi connectivity index (χ3v) is 2.81. The molecule has 0 spiro atoms. The summed E-state index contributed by atoms with van der Waals surface area (Å²) >= 11 is 0. The van der Waals surface area contributed by atoms with E-state index in [-0.39, 0.29) is 11.1 Å². The Morgan fingerprint density at radius 2 is 1.33 bits per heavy atom. The Morgan fingerprint density at radius 1 is 0.944 bits per heavy atom. The Balaban J connectivity index is 2.59. The molecule has 0 heterocycles. The lowest BCUT2D eigenvalue weighted by atomic mass is 9.88. The zero-order valence-electron chi connectivity index (χ0n) is 9.97. The molecule has 0 aliphatic heterocycles. The Hall–Kier alpha value is -2.16. The molecule has 0 bridgehead atoms. The highest BCUT2D eigenvalue weighted by Crippen LogP contribution is 2.34. The summed E-state index contributed by atoms with van der Waals surface area (Å²) in [6, 6.07) is 16.6. The van der Waals surface area contributed by atoms with Gasteiger partial charge in [0, 0.05) is 11.1 Å². The highest BCUT2D eigenvalue weighted by atomic mass is 19.1. The van der Waals surface area contributed by atoms with Crippen LogP contribution >= 0.6 is 0 Å². The van der Waals surface area contributed by atoms with E-state index in [2.05, 4.69) is 4.74 Å². The van der Waals surface area contributed by atoms with Crippen LogP contribution in [0.1, 0.15) is 11.1 Å². The molecule has 0 atom stereocenters. The van der Waals surface area contributed by atoms with Crippen LogP contribution in [0.15, 0.2) is 60.7 Å². The molecule has 0 saturated heterocycles. The van der Waals surface area contributed by atoms with Crippen LogP contribution < -0.4 is 0 Å². The van der Waals surface area contributed by atoms with Gasteiger partial charge in [-0.2, -0.15) is 0 Å². The molecule has 0 unspecified atom stereocenters. The van der Waals surface area contributed by atoms with Crippen molar-refractivity contribution in [3.05, 3.63) is 71.8 Å². The lowest BCUT2D eigenvalue weighted by Gasteiger charge is -2.23. The number of carbonyl (C=O) groups is 1. The minimum atomic E-state index is -2.27. The maximum atomic E-state index is 15.2. The van der Waals surface area contributed by atoms with Crippen LogP contribution in [-0.4, -0.2) is 13.1 Å². The van der Waals surface area contributed by atoms with E-state index < -0.39 is 11.6 Å². The van der Waals surface area contributed by atoms with E-state index in [1.165, 1.54) is 7.11 Å². The molecule has 92 valence electrons. The monoisotopic (exact) mass is 244 g/mol. The first kappa shape index (κ1) is 12.3. The second-order valence-electron chi connectivity index (χ2n) is 3.88. The van der Waals surface area contributed by atoms with Crippen LogP contribution in [0.25, 0.3) is 0 Å². The van der Waals surface area contributed by atoms with Gasteiger partial charge >= 0.3 is 5.97 Å². The van der Waals surface area contributed by atoms with Crippen molar-refractivity contribution in [2.24, 2.45) is 0 Å². The van der Waals surface area contributed by atoms with Crippen LogP contribution in [0.3, 0.4) is 0 Å². The van der Waals surface area contributed by atoms with Crippen molar-refractivity contribution in [3.63, 3.8) is 0 Å². The molecule has 2 aromatic rings. The fourth-order valence-corrected chi connectivity index (χ4v) is 1.88. The Kier molecular flexibility index (Phi) is 3.42. The average molecular weight is 244 g/mol. The maximum absolute atomic E-state index is 15.2. The predicted molar refractivity (Wildman–Crippen MR) is 66.8 cm³/mol. The van der Waals surface area contributed by atoms with E-state index >= 15 is 4.39 Å². The number of methoxy groups -OCH3 is 1. The van der Waals surface area contributed by atoms with Crippen LogP contribution in [0.5, 0.6) is 0 Å². The van der Waals surface area contributed by atoms with E-state index in [1.807, 2.05) is 0 Å². The highest BCUT2D eigenvalue weighted by molar-refractivity contribution is 5.85. The van der Waals surface area contributed by atoms with E-state index in [4.69, 9.17) is 0 Å². The van der Waals surface area contributed by atoms with E-state index in [9.17, 15) is 4.79 Å². The number of ether oxygens (including phenoxy) is 1. The molecular formula is C15H13FO2. The highest BCUT2D eigenvalue weighted by Gasteiger charge is 2.43. The lowest BCUT2D eigenvalue weighted by molar-refractivity contribution is -0.152. The number of esters is 1. The second kappa shape index (κ2) is 5.00. The quantitative estimate of drug-likeness (QED) is 0.775. The van der Waals surface area contributed by atoms with E-state index in [1.54, 1.807) is 60.7 Å². The number of hydrogen-bond donors (Lipinski definition) is 0. The molecule has 0 saturated carbocycles. The van der Waals surface area contributed by atoms with Crippen molar-refractivity contribution in [2.75, 3.05) is 7.11 Å². The van der Waals surface area contributed by atoms with Crippen molar-refractivity contribution in [1.82, 2.24) is 0 Å². The first-order valence-electron chi connectivity index (χ1n) is 5.58. The summed E-state index contributed by atoms with van der Waals surface area (Å²) in [6.45, 7) is 0. The first-order valence-corrected chi connectivity index (χ1v) is 5.58. The van der Waals surface area contributed by atoms with Gasteiger partial charge in [-0.05, 0) is 0 Å². The van der Waals surface area contributed by atoms with Gasteiger partial charge in [-0.1, -0.05) is 60.7 Å². The van der Waals surface area contributed by atoms with Crippen LogP contribution in [-0.2, 0) is 15.2 Å². The topological polar surface area (TPSA) is 26.3 Å². The minimum Gasteiger partial charge on any atom is -0.466 e. The summed E-state index contributed by atoms with van der Waals surface area (Å²) in [7, 11) is 1.18. The molecule has 2 aromatic carbocycles. The molecule has 0 fully saturated rings. The fraction of sp³-hybridized carbons (Fsp3) is 0.133. The van der Waals surface area contributed by atoms with Gasteiger partial charge in [-0.3, -0.25) is 0 Å². The van der Waals surface area contributed by atoms with Gasteiger partial charge in [-0.15, -0.1) is 0 Å². The largest absolute Gasteiger partial charge is 0.466 e. The van der Waals surface area contributed by atoms with Gasteiger partial charge in [0.15, 0.2) is 0 Å². The van der Waals surface area contributed by atoms with Crippen LogP contribution in [0.2, 0.25) is 0 Å². The molecule has 2 rings (SSSR count). The molecule has 0 N–H and O–H groups in total. The zero-order chi connectivity index (χ0) is 13.0. The summed E-state index contributed by atoms with van der Waals surface area (Å²) in [5.74, 6) is -0.917. The Morgan fingerprint density at radius 3 is 1.67 bits per heavy atom. The van der Waals surface area contributed by atoms with Gasteiger partial charge in [0.2, 0.25) is 0 Å². The number of halogens is 1. The standard InChI is InChI=1S/C15H13FO2/c1-18-14(17)15(16,12-8-4-2-5-9-12)13-10-6-3-7-11-13/h2-11H,1H3. The van der Waals surface area contributed by atoms with Gasteiger partial charge in [0.1, 0.15) is 0 Å². The minimum absolute atomic E-state index is 0.267. The lowest BCUT2D eigenvalue weighted by Crippen LogP contribution is -2.33. The number of alkyl halides is 1. The molecule has 18 heavy (non-hydrogen) atoms. The number of benzene rings is 2. The van der Waals surface area contributed by atoms with E-state index in [0.717, 1.165) is 0 Å². The summed E-state index contributed by atoms with van der Waals surface area (Å²) in [5, 5.41) is 0. The number of hydrogen-bond acceptors (Lipinski definition) is 2. The number of carbonyl (C=O) groups excluding carboxylic acids is 1. The third kappa shape index (κ3) is 1.99. The van der Waals surface area contributed by atoms with Gasteiger partial charge in [0.05, 0.1) is 7.11 Å². The normalized spacial score (nSPS) is 11.0. The van der Waals surface area contributed by atoms with Gasteiger partial charge in [0.25, 0.3) is 5.67 Å². The maximum Gasteiger partial charge on any atom is 0.353 e. The van der Waals surface area contributed by atoms with Gasteiger partial charge in [-0.25, -0.2) is 9.18 Å². The fourth-order valence-electron chi connectivity index (χ4n) is 1.88. The average Bonchev–Trinajstić information content (AvgIpc) is 2.47. The first-order chi connectivity index (χ1) is 8.69. The molecular weight excluding hydrogens is 231 g/mol. The summed E-state index contributed by atoms with van der Waals surface area (Å²) in [6.07, 6.45) is 0. The molecule has 0 radical (unpaired) electrons. The van der Waals surface area contributed by atoms with Crippen molar-refractivity contribution in [3.8, 4) is 0 Å². The van der Waals surface area contributed by atoms with Crippen molar-refractivity contribution in [2.45, 2.75) is 5.67 Å². The van der Waals surface area contributed by atoms with E-state index in [0.29, 0.717) is 0 Å². The van der Waals surface area contributed by atoms with Gasteiger partial charge < -0.3 is 4.74 Å². The smallest absolute Gasteiger partial charge is 0.353 e. The molecule has 0 aliphatic carbocycles.